The van der Waals surface area contributed by atoms with Crippen LogP contribution in [0.2, 0.25) is 0 Å². The van der Waals surface area contributed by atoms with Crippen molar-refractivity contribution in [1.29, 1.82) is 0 Å². The molecule has 0 atom stereocenters. The second-order valence-electron chi connectivity index (χ2n) is 3.53. The first-order valence-electron chi connectivity index (χ1n) is 4.61. The molecule has 0 heterocycles. The van der Waals surface area contributed by atoms with Gasteiger partial charge in [-0.3, -0.25) is 0 Å². The molecule has 0 saturated heterocycles. The highest BCUT2D eigenvalue weighted by Gasteiger charge is 2.35. The summed E-state index contributed by atoms with van der Waals surface area (Å²) in [6.45, 7) is 3.11. The van der Waals surface area contributed by atoms with Gasteiger partial charge in [0.2, 0.25) is 0 Å². The van der Waals surface area contributed by atoms with Crippen molar-refractivity contribution in [1.82, 2.24) is 0 Å². The monoisotopic (exact) mass is 173 g/mol. The molecule has 0 bridgehead atoms. The lowest BCUT2D eigenvalue weighted by Crippen LogP contribution is -2.34. The SMILES string of the molecule is CCSCC1(CCN)CCC1. The molecule has 0 aromatic rings. The highest BCUT2D eigenvalue weighted by atomic mass is 32.2. The highest BCUT2D eigenvalue weighted by Crippen LogP contribution is 2.45. The minimum absolute atomic E-state index is 0.662. The summed E-state index contributed by atoms with van der Waals surface area (Å²) in [4.78, 5) is 0. The van der Waals surface area contributed by atoms with Crippen LogP contribution in [0, 0.1) is 5.41 Å². The quantitative estimate of drug-likeness (QED) is 0.690. The molecule has 2 N–H and O–H groups in total. The normalized spacial score (nSPS) is 21.3. The second-order valence-corrected chi connectivity index (χ2v) is 4.80. The van der Waals surface area contributed by atoms with Gasteiger partial charge in [0.25, 0.3) is 0 Å². The van der Waals surface area contributed by atoms with E-state index < -0.39 is 0 Å². The molecule has 1 rings (SSSR count). The molecule has 2 heteroatoms. The Hall–Kier alpha value is 0.310. The van der Waals surface area contributed by atoms with Crippen molar-refractivity contribution in [3.63, 3.8) is 0 Å². The van der Waals surface area contributed by atoms with E-state index in [4.69, 9.17) is 5.73 Å². The van der Waals surface area contributed by atoms with Gasteiger partial charge in [0, 0.05) is 0 Å². The van der Waals surface area contributed by atoms with E-state index in [2.05, 4.69) is 18.7 Å². The molecule has 0 aromatic carbocycles. The maximum Gasteiger partial charge on any atom is -0.00104 e. The van der Waals surface area contributed by atoms with Crippen LogP contribution >= 0.6 is 11.8 Å². The summed E-state index contributed by atoms with van der Waals surface area (Å²) >= 11 is 2.08. The third-order valence-electron chi connectivity index (χ3n) is 2.70. The van der Waals surface area contributed by atoms with Gasteiger partial charge in [-0.1, -0.05) is 13.3 Å². The molecule has 1 aliphatic carbocycles. The first-order valence-corrected chi connectivity index (χ1v) is 5.76. The average Bonchev–Trinajstić information content (AvgIpc) is 1.95. The standard InChI is InChI=1S/C9H19NS/c1-2-11-8-9(6-7-10)4-3-5-9/h2-8,10H2,1H3. The van der Waals surface area contributed by atoms with E-state index in [1.54, 1.807) is 0 Å². The lowest BCUT2D eigenvalue weighted by Gasteiger charge is -2.41. The van der Waals surface area contributed by atoms with Crippen molar-refractivity contribution in [2.45, 2.75) is 32.6 Å². The molecule has 0 amide bonds. The van der Waals surface area contributed by atoms with E-state index in [1.807, 2.05) is 0 Å². The number of rotatable bonds is 5. The third-order valence-corrected chi connectivity index (χ3v) is 3.93. The first-order chi connectivity index (χ1) is 5.33. The Labute approximate surface area is 74.1 Å². The average molecular weight is 173 g/mol. The van der Waals surface area contributed by atoms with Crippen LogP contribution in [0.5, 0.6) is 0 Å². The molecule has 0 spiro atoms. The van der Waals surface area contributed by atoms with Crippen molar-refractivity contribution in [2.75, 3.05) is 18.1 Å². The smallest absolute Gasteiger partial charge is 0.00104 e. The van der Waals surface area contributed by atoms with E-state index in [0.29, 0.717) is 5.41 Å². The zero-order valence-electron chi connectivity index (χ0n) is 7.44. The van der Waals surface area contributed by atoms with E-state index in [-0.39, 0.29) is 0 Å². The van der Waals surface area contributed by atoms with Crippen LogP contribution in [0.15, 0.2) is 0 Å². The molecule has 1 saturated carbocycles. The molecule has 0 aliphatic heterocycles. The number of hydrogen-bond donors (Lipinski definition) is 1. The summed E-state index contributed by atoms with van der Waals surface area (Å²) in [5.74, 6) is 2.60. The molecule has 0 aromatic heterocycles. The molecule has 1 fully saturated rings. The van der Waals surface area contributed by atoms with E-state index in [0.717, 1.165) is 6.54 Å². The number of hydrogen-bond acceptors (Lipinski definition) is 2. The fourth-order valence-electron chi connectivity index (χ4n) is 1.77. The van der Waals surface area contributed by atoms with Gasteiger partial charge in [0.1, 0.15) is 0 Å². The molecular weight excluding hydrogens is 154 g/mol. The third kappa shape index (κ3) is 2.38. The van der Waals surface area contributed by atoms with E-state index in [9.17, 15) is 0 Å². The summed E-state index contributed by atoms with van der Waals surface area (Å²) in [5.41, 5.74) is 6.25. The number of thioether (sulfide) groups is 1. The van der Waals surface area contributed by atoms with Crippen LogP contribution in [0.4, 0.5) is 0 Å². The zero-order chi connectivity index (χ0) is 8.16. The largest absolute Gasteiger partial charge is 0.330 e. The van der Waals surface area contributed by atoms with Crippen molar-refractivity contribution in [2.24, 2.45) is 11.1 Å². The van der Waals surface area contributed by atoms with Crippen LogP contribution in [0.1, 0.15) is 32.6 Å². The summed E-state index contributed by atoms with van der Waals surface area (Å²) < 4.78 is 0. The van der Waals surface area contributed by atoms with E-state index in [1.165, 1.54) is 37.2 Å². The van der Waals surface area contributed by atoms with Crippen LogP contribution in [-0.2, 0) is 0 Å². The highest BCUT2D eigenvalue weighted by molar-refractivity contribution is 7.99. The van der Waals surface area contributed by atoms with Gasteiger partial charge in [0.15, 0.2) is 0 Å². The molecule has 1 aliphatic rings. The molecule has 11 heavy (non-hydrogen) atoms. The topological polar surface area (TPSA) is 26.0 Å². The Balaban J connectivity index is 2.22. The molecular formula is C9H19NS. The minimum Gasteiger partial charge on any atom is -0.330 e. The van der Waals surface area contributed by atoms with Gasteiger partial charge in [-0.15, -0.1) is 0 Å². The first kappa shape index (κ1) is 9.40. The Morgan fingerprint density at radius 3 is 2.55 bits per heavy atom. The molecule has 0 unspecified atom stereocenters. The maximum absolute atomic E-state index is 5.59. The fraction of sp³-hybridized carbons (Fsp3) is 1.00. The Morgan fingerprint density at radius 2 is 2.18 bits per heavy atom. The summed E-state index contributed by atoms with van der Waals surface area (Å²) in [5, 5.41) is 0. The predicted molar refractivity (Wildman–Crippen MR) is 53.0 cm³/mol. The Kier molecular flexibility index (Phi) is 3.73. The van der Waals surface area contributed by atoms with E-state index >= 15 is 0 Å². The van der Waals surface area contributed by atoms with Crippen molar-refractivity contribution >= 4 is 11.8 Å². The Morgan fingerprint density at radius 1 is 1.45 bits per heavy atom. The van der Waals surface area contributed by atoms with Gasteiger partial charge >= 0.3 is 0 Å². The molecule has 0 radical (unpaired) electrons. The molecule has 1 nitrogen and oxygen atoms in total. The summed E-state index contributed by atoms with van der Waals surface area (Å²) in [6, 6.07) is 0. The van der Waals surface area contributed by atoms with Gasteiger partial charge < -0.3 is 5.73 Å². The van der Waals surface area contributed by atoms with Crippen molar-refractivity contribution in [3.8, 4) is 0 Å². The maximum atomic E-state index is 5.59. The van der Waals surface area contributed by atoms with Crippen LogP contribution < -0.4 is 5.73 Å². The van der Waals surface area contributed by atoms with Gasteiger partial charge in [-0.2, -0.15) is 11.8 Å². The predicted octanol–water partition coefficient (Wildman–Crippen LogP) is 2.26. The van der Waals surface area contributed by atoms with Gasteiger partial charge in [-0.25, -0.2) is 0 Å². The summed E-state index contributed by atoms with van der Waals surface area (Å²) in [7, 11) is 0. The van der Waals surface area contributed by atoms with Crippen LogP contribution in [0.3, 0.4) is 0 Å². The van der Waals surface area contributed by atoms with Gasteiger partial charge in [0.05, 0.1) is 0 Å². The van der Waals surface area contributed by atoms with Crippen LogP contribution in [0.25, 0.3) is 0 Å². The lowest BCUT2D eigenvalue weighted by atomic mass is 9.68. The van der Waals surface area contributed by atoms with Crippen LogP contribution in [-0.4, -0.2) is 18.1 Å². The lowest BCUT2D eigenvalue weighted by molar-refractivity contribution is 0.157. The fourth-order valence-corrected chi connectivity index (χ4v) is 2.84. The molecule has 66 valence electrons. The minimum atomic E-state index is 0.662. The zero-order valence-corrected chi connectivity index (χ0v) is 8.25. The summed E-state index contributed by atoms with van der Waals surface area (Å²) in [6.07, 6.45) is 5.54. The van der Waals surface area contributed by atoms with Crippen molar-refractivity contribution < 1.29 is 0 Å². The van der Waals surface area contributed by atoms with Gasteiger partial charge in [-0.05, 0) is 42.7 Å². The Bertz CT molecular complexity index is 110. The number of nitrogens with two attached hydrogens (primary N) is 1. The van der Waals surface area contributed by atoms with Crippen molar-refractivity contribution in [3.05, 3.63) is 0 Å². The second kappa shape index (κ2) is 4.36.